The molecule has 0 fully saturated rings. The van der Waals surface area contributed by atoms with Crippen LogP contribution in [0.5, 0.6) is 0 Å². The molecule has 4 nitrogen and oxygen atoms in total. The number of nitrogens with zero attached hydrogens (tertiary/aromatic N) is 1. The van der Waals surface area contributed by atoms with Crippen molar-refractivity contribution < 1.29 is 0 Å². The highest BCUT2D eigenvalue weighted by Gasteiger charge is 2.04. The molecule has 1 aromatic carbocycles. The number of aromatic nitrogens is 2. The van der Waals surface area contributed by atoms with Crippen LogP contribution in [-0.4, -0.2) is 16.8 Å². The van der Waals surface area contributed by atoms with Crippen LogP contribution < -0.4 is 10.9 Å². The second-order valence-corrected chi connectivity index (χ2v) is 3.91. The first kappa shape index (κ1) is 11.0. The fraction of sp³-hybridized carbons (Fsp3) is 0.182. The van der Waals surface area contributed by atoms with Gasteiger partial charge < -0.3 is 5.32 Å². The molecule has 0 aliphatic carbocycles. The van der Waals surface area contributed by atoms with E-state index in [1.165, 1.54) is 0 Å². The summed E-state index contributed by atoms with van der Waals surface area (Å²) in [5.74, 6) is 0. The van der Waals surface area contributed by atoms with Crippen LogP contribution in [0.4, 0.5) is 0 Å². The second kappa shape index (κ2) is 4.55. The van der Waals surface area contributed by atoms with Gasteiger partial charge in [0.25, 0.3) is 5.56 Å². The molecule has 0 amide bonds. The molecule has 0 spiro atoms. The van der Waals surface area contributed by atoms with Gasteiger partial charge in [0.2, 0.25) is 0 Å². The Morgan fingerprint density at radius 3 is 3.00 bits per heavy atom. The number of nitrogens with one attached hydrogen (secondary N) is 2. The van der Waals surface area contributed by atoms with E-state index in [4.69, 9.17) is 11.6 Å². The maximum absolute atomic E-state index is 11.5. The molecule has 0 radical (unpaired) electrons. The molecule has 2 rings (SSSR count). The molecule has 1 aromatic heterocycles. The normalized spacial score (nSPS) is 10.6. The maximum Gasteiger partial charge on any atom is 0.268 e. The predicted molar refractivity (Wildman–Crippen MR) is 64.2 cm³/mol. The van der Waals surface area contributed by atoms with E-state index >= 15 is 0 Å². The van der Waals surface area contributed by atoms with Gasteiger partial charge in [-0.25, -0.2) is 0 Å². The molecule has 1 heterocycles. The SMILES string of the molecule is CNCc1cn(-c2cccc(Cl)c2)[nH]c1=O. The Hall–Kier alpha value is -1.52. The zero-order valence-electron chi connectivity index (χ0n) is 8.83. The minimum Gasteiger partial charge on any atom is -0.315 e. The third-order valence-electron chi connectivity index (χ3n) is 2.25. The van der Waals surface area contributed by atoms with E-state index in [0.29, 0.717) is 17.1 Å². The molecular weight excluding hydrogens is 226 g/mol. The van der Waals surface area contributed by atoms with E-state index in [1.807, 2.05) is 12.1 Å². The fourth-order valence-electron chi connectivity index (χ4n) is 1.51. The van der Waals surface area contributed by atoms with E-state index in [-0.39, 0.29) is 5.56 Å². The molecule has 0 bridgehead atoms. The molecule has 0 aliphatic heterocycles. The van der Waals surface area contributed by atoms with Crippen LogP contribution in [0.15, 0.2) is 35.3 Å². The summed E-state index contributed by atoms with van der Waals surface area (Å²) in [5, 5.41) is 6.32. The van der Waals surface area contributed by atoms with Gasteiger partial charge in [-0.15, -0.1) is 0 Å². The largest absolute Gasteiger partial charge is 0.315 e. The summed E-state index contributed by atoms with van der Waals surface area (Å²) in [6, 6.07) is 7.31. The van der Waals surface area contributed by atoms with Crippen molar-refractivity contribution in [1.29, 1.82) is 0 Å². The lowest BCUT2D eigenvalue weighted by molar-refractivity contribution is 0.812. The zero-order chi connectivity index (χ0) is 11.5. The van der Waals surface area contributed by atoms with Crippen LogP contribution in [0.1, 0.15) is 5.56 Å². The molecule has 0 saturated carbocycles. The monoisotopic (exact) mass is 237 g/mol. The third kappa shape index (κ3) is 2.18. The van der Waals surface area contributed by atoms with E-state index < -0.39 is 0 Å². The first-order valence-electron chi connectivity index (χ1n) is 4.92. The lowest BCUT2D eigenvalue weighted by Crippen LogP contribution is -2.13. The summed E-state index contributed by atoms with van der Waals surface area (Å²) in [6.45, 7) is 0.545. The van der Waals surface area contributed by atoms with Crippen LogP contribution in [-0.2, 0) is 6.54 Å². The van der Waals surface area contributed by atoms with Gasteiger partial charge in [0, 0.05) is 17.8 Å². The predicted octanol–water partition coefficient (Wildman–Crippen LogP) is 1.54. The van der Waals surface area contributed by atoms with Crippen molar-refractivity contribution >= 4 is 11.6 Å². The Morgan fingerprint density at radius 1 is 1.50 bits per heavy atom. The van der Waals surface area contributed by atoms with Gasteiger partial charge in [0.15, 0.2) is 0 Å². The number of halogens is 1. The summed E-state index contributed by atoms with van der Waals surface area (Å²) in [5.41, 5.74) is 1.45. The van der Waals surface area contributed by atoms with Gasteiger partial charge >= 0.3 is 0 Å². The summed E-state index contributed by atoms with van der Waals surface area (Å²) in [7, 11) is 1.80. The minimum atomic E-state index is -0.0886. The molecule has 2 aromatic rings. The lowest BCUT2D eigenvalue weighted by atomic mass is 10.3. The standard InChI is InChI=1S/C11H12ClN3O/c1-13-6-8-7-15(14-11(8)16)10-4-2-3-9(12)5-10/h2-5,7,13H,6H2,1H3,(H,14,16). The Bertz CT molecular complexity index is 544. The Kier molecular flexibility index (Phi) is 3.12. The van der Waals surface area contributed by atoms with E-state index in [0.717, 1.165) is 5.69 Å². The van der Waals surface area contributed by atoms with Gasteiger partial charge in [-0.1, -0.05) is 17.7 Å². The smallest absolute Gasteiger partial charge is 0.268 e. The van der Waals surface area contributed by atoms with Gasteiger partial charge in [-0.2, -0.15) is 0 Å². The molecule has 0 unspecified atom stereocenters. The van der Waals surface area contributed by atoms with Gasteiger partial charge in [0.05, 0.1) is 11.3 Å². The molecule has 84 valence electrons. The van der Waals surface area contributed by atoms with Crippen molar-refractivity contribution in [1.82, 2.24) is 15.1 Å². The van der Waals surface area contributed by atoms with Crippen molar-refractivity contribution in [3.63, 3.8) is 0 Å². The minimum absolute atomic E-state index is 0.0886. The van der Waals surface area contributed by atoms with E-state index in [1.54, 1.807) is 30.1 Å². The van der Waals surface area contributed by atoms with Crippen molar-refractivity contribution in [2.45, 2.75) is 6.54 Å². The molecular formula is C11H12ClN3O. The highest BCUT2D eigenvalue weighted by Crippen LogP contribution is 2.13. The van der Waals surface area contributed by atoms with Crippen molar-refractivity contribution in [3.05, 3.63) is 51.4 Å². The summed E-state index contributed by atoms with van der Waals surface area (Å²) in [6.07, 6.45) is 1.77. The Morgan fingerprint density at radius 2 is 2.31 bits per heavy atom. The molecule has 0 aliphatic rings. The number of H-pyrrole nitrogens is 1. The van der Waals surface area contributed by atoms with Crippen LogP contribution in [0, 0.1) is 0 Å². The first-order valence-corrected chi connectivity index (χ1v) is 5.29. The number of hydrogen-bond acceptors (Lipinski definition) is 2. The number of aromatic amines is 1. The number of hydrogen-bond donors (Lipinski definition) is 2. The first-order chi connectivity index (χ1) is 7.70. The topological polar surface area (TPSA) is 49.8 Å². The van der Waals surface area contributed by atoms with Crippen LogP contribution >= 0.6 is 11.6 Å². The fourth-order valence-corrected chi connectivity index (χ4v) is 1.69. The Balaban J connectivity index is 2.41. The van der Waals surface area contributed by atoms with Gasteiger partial charge in [-0.3, -0.25) is 14.6 Å². The van der Waals surface area contributed by atoms with Crippen molar-refractivity contribution in [2.24, 2.45) is 0 Å². The average Bonchev–Trinajstić information content (AvgIpc) is 2.61. The van der Waals surface area contributed by atoms with E-state index in [2.05, 4.69) is 10.4 Å². The zero-order valence-corrected chi connectivity index (χ0v) is 9.58. The molecule has 2 N–H and O–H groups in total. The second-order valence-electron chi connectivity index (χ2n) is 3.48. The third-order valence-corrected chi connectivity index (χ3v) is 2.49. The van der Waals surface area contributed by atoms with Crippen molar-refractivity contribution in [2.75, 3.05) is 7.05 Å². The molecule has 0 atom stereocenters. The Labute approximate surface area is 97.8 Å². The van der Waals surface area contributed by atoms with Crippen LogP contribution in [0.2, 0.25) is 5.02 Å². The van der Waals surface area contributed by atoms with Gasteiger partial charge in [0.1, 0.15) is 0 Å². The summed E-state index contributed by atoms with van der Waals surface area (Å²) >= 11 is 5.88. The van der Waals surface area contributed by atoms with Crippen molar-refractivity contribution in [3.8, 4) is 5.69 Å². The maximum atomic E-state index is 11.5. The highest BCUT2D eigenvalue weighted by molar-refractivity contribution is 6.30. The van der Waals surface area contributed by atoms with E-state index in [9.17, 15) is 4.79 Å². The summed E-state index contributed by atoms with van der Waals surface area (Å²) in [4.78, 5) is 11.5. The molecule has 0 saturated heterocycles. The quantitative estimate of drug-likeness (QED) is 0.851. The van der Waals surface area contributed by atoms with Crippen LogP contribution in [0.25, 0.3) is 5.69 Å². The molecule has 5 heteroatoms. The molecule has 16 heavy (non-hydrogen) atoms. The van der Waals surface area contributed by atoms with Gasteiger partial charge in [-0.05, 0) is 25.2 Å². The summed E-state index contributed by atoms with van der Waals surface area (Å²) < 4.78 is 1.67. The highest BCUT2D eigenvalue weighted by atomic mass is 35.5. The number of benzene rings is 1. The average molecular weight is 238 g/mol. The lowest BCUT2D eigenvalue weighted by Gasteiger charge is -2.01. The number of rotatable bonds is 3. The van der Waals surface area contributed by atoms with Crippen LogP contribution in [0.3, 0.4) is 0 Å².